The van der Waals surface area contributed by atoms with Gasteiger partial charge in [0, 0.05) is 35.3 Å². The number of benzene rings is 2. The summed E-state index contributed by atoms with van der Waals surface area (Å²) < 4.78 is 16.2. The van der Waals surface area contributed by atoms with Crippen molar-refractivity contribution in [1.82, 2.24) is 10.2 Å². The Bertz CT molecular complexity index is 920. The van der Waals surface area contributed by atoms with Gasteiger partial charge in [0.05, 0.1) is 14.2 Å². The van der Waals surface area contributed by atoms with Gasteiger partial charge >= 0.3 is 0 Å². The molecule has 0 heterocycles. The maximum Gasteiger partial charge on any atom is 0.261 e. The van der Waals surface area contributed by atoms with Crippen LogP contribution in [0.2, 0.25) is 5.02 Å². The van der Waals surface area contributed by atoms with E-state index >= 15 is 0 Å². The normalized spacial score (nSPS) is 12.0. The summed E-state index contributed by atoms with van der Waals surface area (Å²) >= 11 is 6.31. The van der Waals surface area contributed by atoms with Gasteiger partial charge in [0.15, 0.2) is 6.61 Å². The molecule has 0 aliphatic carbocycles. The van der Waals surface area contributed by atoms with Crippen molar-refractivity contribution in [2.24, 2.45) is 0 Å². The van der Waals surface area contributed by atoms with E-state index in [1.165, 1.54) is 19.1 Å². The standard InChI is InChI=1S/C24H31ClN2O5/c1-16(23(29)26-24(2,3)4)27(14-17-9-7-8-10-21(17)25)22(28)15-32-20-12-18(30-5)11-19(13-20)31-6/h7-13,16H,14-15H2,1-6H3,(H,26,29)/t16-/m0/s1. The molecule has 2 aromatic carbocycles. The van der Waals surface area contributed by atoms with Crippen LogP contribution in [0.5, 0.6) is 17.2 Å². The molecule has 174 valence electrons. The molecule has 0 saturated heterocycles. The lowest BCUT2D eigenvalue weighted by Crippen LogP contribution is -2.53. The minimum Gasteiger partial charge on any atom is -0.496 e. The molecule has 0 unspecified atom stereocenters. The molecule has 0 fully saturated rings. The third kappa shape index (κ3) is 7.34. The molecule has 8 heteroatoms. The topological polar surface area (TPSA) is 77.1 Å². The lowest BCUT2D eigenvalue weighted by molar-refractivity contribution is -0.142. The fraction of sp³-hybridized carbons (Fsp3) is 0.417. The monoisotopic (exact) mass is 462 g/mol. The highest BCUT2D eigenvalue weighted by molar-refractivity contribution is 6.31. The average Bonchev–Trinajstić information content (AvgIpc) is 2.74. The molecule has 7 nitrogen and oxygen atoms in total. The SMILES string of the molecule is COc1cc(OC)cc(OCC(=O)N(Cc2ccccc2Cl)[C@@H](C)C(=O)NC(C)(C)C)c1. The van der Waals surface area contributed by atoms with Crippen molar-refractivity contribution >= 4 is 23.4 Å². The first-order valence-corrected chi connectivity index (χ1v) is 10.6. The van der Waals surface area contributed by atoms with E-state index in [2.05, 4.69) is 5.32 Å². The van der Waals surface area contributed by atoms with Crippen molar-refractivity contribution < 1.29 is 23.8 Å². The van der Waals surface area contributed by atoms with Crippen LogP contribution in [0.1, 0.15) is 33.3 Å². The average molecular weight is 463 g/mol. The molecular formula is C24H31ClN2O5. The van der Waals surface area contributed by atoms with Crippen LogP contribution in [0.25, 0.3) is 0 Å². The molecule has 0 aliphatic rings. The number of carbonyl (C=O) groups is 2. The lowest BCUT2D eigenvalue weighted by Gasteiger charge is -2.31. The smallest absolute Gasteiger partial charge is 0.261 e. The van der Waals surface area contributed by atoms with Gasteiger partial charge < -0.3 is 24.4 Å². The number of ether oxygens (including phenoxy) is 3. The molecule has 1 N–H and O–H groups in total. The van der Waals surface area contributed by atoms with E-state index in [0.29, 0.717) is 22.3 Å². The van der Waals surface area contributed by atoms with Crippen LogP contribution in [0.4, 0.5) is 0 Å². The molecular weight excluding hydrogens is 432 g/mol. The predicted molar refractivity (Wildman–Crippen MR) is 124 cm³/mol. The minimum atomic E-state index is -0.735. The maximum atomic E-state index is 13.2. The zero-order valence-corrected chi connectivity index (χ0v) is 20.2. The second-order valence-electron chi connectivity index (χ2n) is 8.37. The highest BCUT2D eigenvalue weighted by Crippen LogP contribution is 2.27. The summed E-state index contributed by atoms with van der Waals surface area (Å²) in [6.07, 6.45) is 0. The Kier molecular flexibility index (Phi) is 8.78. The molecule has 0 radical (unpaired) electrons. The van der Waals surface area contributed by atoms with Crippen LogP contribution in [-0.2, 0) is 16.1 Å². The van der Waals surface area contributed by atoms with Gasteiger partial charge in [0.25, 0.3) is 5.91 Å². The number of amides is 2. The predicted octanol–water partition coefficient (Wildman–Crippen LogP) is 4.07. The highest BCUT2D eigenvalue weighted by Gasteiger charge is 2.29. The van der Waals surface area contributed by atoms with Crippen LogP contribution in [0.15, 0.2) is 42.5 Å². The summed E-state index contributed by atoms with van der Waals surface area (Å²) in [7, 11) is 3.06. The fourth-order valence-corrected chi connectivity index (χ4v) is 3.15. The molecule has 0 aliphatic heterocycles. The molecule has 2 amide bonds. The second-order valence-corrected chi connectivity index (χ2v) is 8.77. The quantitative estimate of drug-likeness (QED) is 0.607. The van der Waals surface area contributed by atoms with Gasteiger partial charge in [-0.3, -0.25) is 9.59 Å². The number of methoxy groups -OCH3 is 2. The van der Waals surface area contributed by atoms with Crippen molar-refractivity contribution in [3.05, 3.63) is 53.1 Å². The van der Waals surface area contributed by atoms with E-state index in [-0.39, 0.29) is 25.0 Å². The summed E-state index contributed by atoms with van der Waals surface area (Å²) in [6, 6.07) is 11.5. The molecule has 32 heavy (non-hydrogen) atoms. The van der Waals surface area contributed by atoms with Crippen LogP contribution < -0.4 is 19.5 Å². The number of nitrogens with one attached hydrogen (secondary N) is 1. The van der Waals surface area contributed by atoms with Crippen molar-refractivity contribution in [1.29, 1.82) is 0 Å². The van der Waals surface area contributed by atoms with Crippen LogP contribution in [-0.4, -0.2) is 49.1 Å². The van der Waals surface area contributed by atoms with E-state index in [4.69, 9.17) is 25.8 Å². The van der Waals surface area contributed by atoms with E-state index in [1.54, 1.807) is 31.2 Å². The molecule has 0 aromatic heterocycles. The van der Waals surface area contributed by atoms with E-state index in [9.17, 15) is 9.59 Å². The number of hydrogen-bond donors (Lipinski definition) is 1. The van der Waals surface area contributed by atoms with Crippen LogP contribution in [0, 0.1) is 0 Å². The third-order valence-corrected chi connectivity index (χ3v) is 5.02. The summed E-state index contributed by atoms with van der Waals surface area (Å²) in [5, 5.41) is 3.44. The first-order chi connectivity index (χ1) is 15.0. The molecule has 2 rings (SSSR count). The maximum absolute atomic E-state index is 13.2. The van der Waals surface area contributed by atoms with Gasteiger partial charge in [-0.25, -0.2) is 0 Å². The number of carbonyl (C=O) groups excluding carboxylic acids is 2. The minimum absolute atomic E-state index is 0.169. The van der Waals surface area contributed by atoms with Crippen molar-refractivity contribution in [2.75, 3.05) is 20.8 Å². The summed E-state index contributed by atoms with van der Waals surface area (Å²) in [4.78, 5) is 27.4. The summed E-state index contributed by atoms with van der Waals surface area (Å²) in [5.74, 6) is 0.874. The van der Waals surface area contributed by atoms with Gasteiger partial charge in [-0.1, -0.05) is 29.8 Å². The number of hydrogen-bond acceptors (Lipinski definition) is 5. The van der Waals surface area contributed by atoms with Gasteiger partial charge in [0.2, 0.25) is 5.91 Å². The Morgan fingerprint density at radius 3 is 2.12 bits per heavy atom. The Hall–Kier alpha value is -2.93. The van der Waals surface area contributed by atoms with Crippen LogP contribution >= 0.6 is 11.6 Å². The lowest BCUT2D eigenvalue weighted by atomic mass is 10.1. The van der Waals surface area contributed by atoms with Gasteiger partial charge in [0.1, 0.15) is 23.3 Å². The summed E-state index contributed by atoms with van der Waals surface area (Å²) in [6.45, 7) is 7.24. The fourth-order valence-electron chi connectivity index (χ4n) is 2.96. The molecule has 0 bridgehead atoms. The van der Waals surface area contributed by atoms with Crippen molar-refractivity contribution in [3.63, 3.8) is 0 Å². The molecule has 1 atom stereocenters. The highest BCUT2D eigenvalue weighted by atomic mass is 35.5. The van der Waals surface area contributed by atoms with E-state index < -0.39 is 11.6 Å². The molecule has 0 saturated carbocycles. The zero-order valence-electron chi connectivity index (χ0n) is 19.4. The van der Waals surface area contributed by atoms with Crippen molar-refractivity contribution in [3.8, 4) is 17.2 Å². The van der Waals surface area contributed by atoms with Gasteiger partial charge in [-0.2, -0.15) is 0 Å². The van der Waals surface area contributed by atoms with E-state index in [0.717, 1.165) is 5.56 Å². The van der Waals surface area contributed by atoms with Gasteiger partial charge in [-0.15, -0.1) is 0 Å². The second kappa shape index (κ2) is 11.1. The number of halogens is 1. The van der Waals surface area contributed by atoms with Crippen molar-refractivity contribution in [2.45, 2.75) is 45.8 Å². The first kappa shape index (κ1) is 25.3. The Morgan fingerprint density at radius 1 is 1.03 bits per heavy atom. The number of nitrogens with zero attached hydrogens (tertiary/aromatic N) is 1. The molecule has 0 spiro atoms. The third-order valence-electron chi connectivity index (χ3n) is 4.65. The largest absolute Gasteiger partial charge is 0.496 e. The first-order valence-electron chi connectivity index (χ1n) is 10.2. The van der Waals surface area contributed by atoms with Gasteiger partial charge in [-0.05, 0) is 39.3 Å². The Balaban J connectivity index is 2.23. The number of rotatable bonds is 9. The Morgan fingerprint density at radius 2 is 1.59 bits per heavy atom. The zero-order chi connectivity index (χ0) is 23.9. The molecule has 2 aromatic rings. The van der Waals surface area contributed by atoms with E-state index in [1.807, 2.05) is 39.0 Å². The van der Waals surface area contributed by atoms with Crippen LogP contribution in [0.3, 0.4) is 0 Å². The summed E-state index contributed by atoms with van der Waals surface area (Å²) in [5.41, 5.74) is 0.305. The Labute approximate surface area is 194 Å².